The van der Waals surface area contributed by atoms with Crippen LogP contribution in [0.15, 0.2) is 6.07 Å². The van der Waals surface area contributed by atoms with Gasteiger partial charge in [0.25, 0.3) is 5.24 Å². The highest BCUT2D eigenvalue weighted by Gasteiger charge is 2.37. The predicted octanol–water partition coefficient (Wildman–Crippen LogP) is 2.58. The highest BCUT2D eigenvalue weighted by atomic mass is 35.5. The summed E-state index contributed by atoms with van der Waals surface area (Å²) in [5.74, 6) is -1.32. The molecule has 0 radical (unpaired) electrons. The highest BCUT2D eigenvalue weighted by molar-refractivity contribution is 6.68. The Bertz CT molecular complexity index is 518. The van der Waals surface area contributed by atoms with Crippen LogP contribution in [0.5, 0.6) is 5.88 Å². The van der Waals surface area contributed by atoms with Crippen LogP contribution in [0.25, 0.3) is 0 Å². The second-order valence-electron chi connectivity index (χ2n) is 3.04. The first-order chi connectivity index (χ1) is 8.11. The van der Waals surface area contributed by atoms with Gasteiger partial charge in [-0.3, -0.25) is 14.9 Å². The minimum Gasteiger partial charge on any atom is -0.381 e. The molecule has 0 unspecified atom stereocenters. The zero-order valence-corrected chi connectivity index (χ0v) is 9.37. The van der Waals surface area contributed by atoms with Gasteiger partial charge in [0.05, 0.1) is 4.92 Å². The van der Waals surface area contributed by atoms with E-state index >= 15 is 0 Å². The monoisotopic (exact) mass is 284 g/mol. The molecule has 0 aliphatic rings. The van der Waals surface area contributed by atoms with Crippen molar-refractivity contribution in [1.29, 1.82) is 0 Å². The van der Waals surface area contributed by atoms with Gasteiger partial charge in [0.1, 0.15) is 5.56 Å². The number of aryl methyl sites for hydroxylation is 1. The number of aromatic nitrogens is 1. The van der Waals surface area contributed by atoms with Gasteiger partial charge in [-0.15, -0.1) is 13.2 Å². The van der Waals surface area contributed by atoms with Gasteiger partial charge in [0.15, 0.2) is 0 Å². The fraction of sp³-hybridized carbons (Fsp3) is 0.250. The summed E-state index contributed by atoms with van der Waals surface area (Å²) in [7, 11) is 0. The number of carbonyl (C=O) groups is 1. The third kappa shape index (κ3) is 3.29. The Kier molecular flexibility index (Phi) is 3.75. The standard InChI is InChI=1S/C8H4ClF3N2O4/c1-3-2-4(6(9)15)5(14(16)17)7(13-3)18-8(10,11)12/h2H,1H3. The third-order valence-electron chi connectivity index (χ3n) is 1.70. The molecule has 0 fully saturated rings. The number of carbonyl (C=O) groups excluding carboxylic acids is 1. The van der Waals surface area contributed by atoms with Crippen molar-refractivity contribution in [2.75, 3.05) is 0 Å². The van der Waals surface area contributed by atoms with Crippen LogP contribution in [0.2, 0.25) is 0 Å². The molecule has 1 aromatic heterocycles. The Morgan fingerprint density at radius 3 is 2.50 bits per heavy atom. The van der Waals surface area contributed by atoms with E-state index < -0.39 is 33.7 Å². The molecular formula is C8H4ClF3N2O4. The molecule has 1 heterocycles. The molecule has 0 spiro atoms. The van der Waals surface area contributed by atoms with Crippen molar-refractivity contribution in [2.24, 2.45) is 0 Å². The average molecular weight is 285 g/mol. The number of nitrogens with zero attached hydrogens (tertiary/aromatic N) is 2. The molecule has 0 aromatic carbocycles. The maximum Gasteiger partial charge on any atom is 0.574 e. The Labute approximate surface area is 102 Å². The van der Waals surface area contributed by atoms with Crippen molar-refractivity contribution in [3.05, 3.63) is 27.4 Å². The van der Waals surface area contributed by atoms with Gasteiger partial charge in [-0.25, -0.2) is 4.98 Å². The van der Waals surface area contributed by atoms with Crippen LogP contribution < -0.4 is 4.74 Å². The number of alkyl halides is 3. The zero-order chi connectivity index (χ0) is 14.1. The number of ether oxygens (including phenoxy) is 1. The number of halogens is 4. The lowest BCUT2D eigenvalue weighted by molar-refractivity contribution is -0.389. The van der Waals surface area contributed by atoms with Crippen molar-refractivity contribution in [3.8, 4) is 5.88 Å². The lowest BCUT2D eigenvalue weighted by Crippen LogP contribution is -2.19. The third-order valence-corrected chi connectivity index (χ3v) is 1.90. The van der Waals surface area contributed by atoms with Crippen LogP contribution in [-0.2, 0) is 0 Å². The molecule has 0 aliphatic heterocycles. The molecule has 0 saturated heterocycles. The Balaban J connectivity index is 3.49. The van der Waals surface area contributed by atoms with E-state index in [9.17, 15) is 28.1 Å². The summed E-state index contributed by atoms with van der Waals surface area (Å²) in [5.41, 5.74) is -2.02. The maximum atomic E-state index is 12.0. The molecule has 1 aromatic rings. The minimum atomic E-state index is -5.17. The topological polar surface area (TPSA) is 82.3 Å². The van der Waals surface area contributed by atoms with E-state index in [-0.39, 0.29) is 5.69 Å². The first-order valence-corrected chi connectivity index (χ1v) is 4.61. The zero-order valence-electron chi connectivity index (χ0n) is 8.62. The van der Waals surface area contributed by atoms with Crippen molar-refractivity contribution in [1.82, 2.24) is 4.98 Å². The molecule has 0 amide bonds. The molecule has 10 heteroatoms. The maximum absolute atomic E-state index is 12.0. The number of hydrogen-bond acceptors (Lipinski definition) is 5. The fourth-order valence-electron chi connectivity index (χ4n) is 1.14. The summed E-state index contributed by atoms with van der Waals surface area (Å²) < 4.78 is 39.5. The van der Waals surface area contributed by atoms with Crippen LogP contribution in [0, 0.1) is 17.0 Å². The van der Waals surface area contributed by atoms with E-state index in [0.717, 1.165) is 6.07 Å². The largest absolute Gasteiger partial charge is 0.574 e. The number of rotatable bonds is 3. The molecule has 0 aliphatic carbocycles. The van der Waals surface area contributed by atoms with Gasteiger partial charge in [0, 0.05) is 5.69 Å². The van der Waals surface area contributed by atoms with Crippen LogP contribution in [0.4, 0.5) is 18.9 Å². The number of nitro groups is 1. The summed E-state index contributed by atoms with van der Waals surface area (Å²) in [6, 6.07) is 0.900. The number of pyridine rings is 1. The Hall–Kier alpha value is -1.90. The summed E-state index contributed by atoms with van der Waals surface area (Å²) in [6.07, 6.45) is -5.17. The van der Waals surface area contributed by atoms with Crippen molar-refractivity contribution >= 4 is 22.5 Å². The summed E-state index contributed by atoms with van der Waals surface area (Å²) >= 11 is 5.06. The summed E-state index contributed by atoms with van der Waals surface area (Å²) in [4.78, 5) is 23.6. The van der Waals surface area contributed by atoms with E-state index in [0.29, 0.717) is 0 Å². The fourth-order valence-corrected chi connectivity index (χ4v) is 1.29. The molecule has 6 nitrogen and oxygen atoms in total. The minimum absolute atomic E-state index is 0.0798. The van der Waals surface area contributed by atoms with Crippen LogP contribution in [0.1, 0.15) is 16.1 Å². The lowest BCUT2D eigenvalue weighted by atomic mass is 10.2. The average Bonchev–Trinajstić information content (AvgIpc) is 2.12. The molecule has 0 atom stereocenters. The first-order valence-electron chi connectivity index (χ1n) is 4.23. The van der Waals surface area contributed by atoms with Gasteiger partial charge in [-0.2, -0.15) is 0 Å². The van der Waals surface area contributed by atoms with Gasteiger partial charge in [-0.05, 0) is 24.6 Å². The Morgan fingerprint density at radius 1 is 1.56 bits per heavy atom. The van der Waals surface area contributed by atoms with E-state index in [2.05, 4.69) is 9.72 Å². The smallest absolute Gasteiger partial charge is 0.381 e. The van der Waals surface area contributed by atoms with Gasteiger partial charge in [-0.1, -0.05) is 0 Å². The van der Waals surface area contributed by atoms with Crippen LogP contribution >= 0.6 is 11.6 Å². The first kappa shape index (κ1) is 14.2. The lowest BCUT2D eigenvalue weighted by Gasteiger charge is -2.09. The molecule has 0 N–H and O–H groups in total. The molecule has 98 valence electrons. The predicted molar refractivity (Wildman–Crippen MR) is 52.5 cm³/mol. The van der Waals surface area contributed by atoms with E-state index in [1.54, 1.807) is 0 Å². The second kappa shape index (κ2) is 4.77. The van der Waals surface area contributed by atoms with Gasteiger partial charge in [0.2, 0.25) is 0 Å². The second-order valence-corrected chi connectivity index (χ2v) is 3.39. The van der Waals surface area contributed by atoms with Gasteiger partial charge < -0.3 is 4.74 Å². The van der Waals surface area contributed by atoms with Crippen molar-refractivity contribution in [3.63, 3.8) is 0 Å². The van der Waals surface area contributed by atoms with E-state index in [4.69, 9.17) is 11.6 Å². The molecule has 1 rings (SSSR count). The normalized spacial score (nSPS) is 11.2. The van der Waals surface area contributed by atoms with E-state index in [1.165, 1.54) is 6.92 Å². The summed E-state index contributed by atoms with van der Waals surface area (Å²) in [5, 5.41) is 9.37. The van der Waals surface area contributed by atoms with Crippen molar-refractivity contribution < 1.29 is 27.6 Å². The van der Waals surface area contributed by atoms with Gasteiger partial charge >= 0.3 is 17.9 Å². The quantitative estimate of drug-likeness (QED) is 0.484. The summed E-state index contributed by atoms with van der Waals surface area (Å²) in [6.45, 7) is 1.23. The van der Waals surface area contributed by atoms with Crippen molar-refractivity contribution in [2.45, 2.75) is 13.3 Å². The molecule has 0 saturated carbocycles. The van der Waals surface area contributed by atoms with Crippen LogP contribution in [0.3, 0.4) is 0 Å². The molecule has 18 heavy (non-hydrogen) atoms. The Morgan fingerprint density at radius 2 is 2.11 bits per heavy atom. The number of hydrogen-bond donors (Lipinski definition) is 0. The van der Waals surface area contributed by atoms with E-state index in [1.807, 2.05) is 0 Å². The molecule has 0 bridgehead atoms. The van der Waals surface area contributed by atoms with Crippen LogP contribution in [-0.4, -0.2) is 21.5 Å². The molecular weight excluding hydrogens is 281 g/mol. The SMILES string of the molecule is Cc1cc(C(=O)Cl)c([N+](=O)[O-])c(OC(F)(F)F)n1. The highest BCUT2D eigenvalue weighted by Crippen LogP contribution is 2.34.